The smallest absolute Gasteiger partial charge is 0.171 e. The second-order valence-electron chi connectivity index (χ2n) is 18.6. The summed E-state index contributed by atoms with van der Waals surface area (Å²) in [6, 6.07) is 87.5. The summed E-state index contributed by atoms with van der Waals surface area (Å²) in [6.45, 7) is 0. The van der Waals surface area contributed by atoms with E-state index in [0.29, 0.717) is 0 Å². The van der Waals surface area contributed by atoms with Crippen molar-refractivity contribution in [3.05, 3.63) is 255 Å². The van der Waals surface area contributed by atoms with Gasteiger partial charge in [-0.15, -0.1) is 0 Å². The molecule has 0 saturated heterocycles. The zero-order valence-electron chi connectivity index (χ0n) is 38.4. The number of fused-ring (bicyclic) bond motifs is 13. The summed E-state index contributed by atoms with van der Waals surface area (Å²) in [7, 11) is -6.62. The van der Waals surface area contributed by atoms with Gasteiger partial charge in [0.05, 0.1) is 16.6 Å². The van der Waals surface area contributed by atoms with Crippen molar-refractivity contribution in [2.24, 2.45) is 0 Å². The molecular weight excluding hydrogens is 903 g/mol. The average Bonchev–Trinajstić information content (AvgIpc) is 3.84. The number of pyridine rings is 1. The fraction of sp³-hybridized carbons (Fsp3) is 0. The lowest BCUT2D eigenvalue weighted by molar-refractivity contribution is 0.591. The highest BCUT2D eigenvalue weighted by molar-refractivity contribution is 7.85. The molecule has 0 aliphatic carbocycles. The standard InChI is InChI=1S/C65H42N2O2P2/c68-70(52-18-3-1-4-19-52,53-20-5-2-6-21-53)54-32-27-49-37-48(23-24-50(49)40-54)51-29-34-59-62(41-51)67-63-42-57(33-36-61(63)66-65(67)60-35-28-45-15-11-12-22-58(45)64(59)60)71(69,55-30-25-43-13-7-9-16-46(43)38-55)56-31-26-44-14-8-10-17-47(44)39-56/h1-42H. The van der Waals surface area contributed by atoms with E-state index in [1.54, 1.807) is 0 Å². The Morgan fingerprint density at radius 3 is 1.38 bits per heavy atom. The van der Waals surface area contributed by atoms with Crippen LogP contribution in [-0.2, 0) is 9.13 Å². The first-order valence-corrected chi connectivity index (χ1v) is 27.4. The minimum atomic E-state index is -3.47. The summed E-state index contributed by atoms with van der Waals surface area (Å²) in [6.07, 6.45) is 0. The first-order chi connectivity index (χ1) is 34.9. The van der Waals surface area contributed by atoms with Crippen LogP contribution >= 0.6 is 14.3 Å². The fourth-order valence-corrected chi connectivity index (χ4v) is 16.4. The fourth-order valence-electron chi connectivity index (χ4n) is 11.1. The molecule has 0 saturated carbocycles. The van der Waals surface area contributed by atoms with Gasteiger partial charge in [-0.05, 0) is 109 Å². The Hall–Kier alpha value is -8.39. The van der Waals surface area contributed by atoms with Crippen LogP contribution in [0.3, 0.4) is 0 Å². The van der Waals surface area contributed by atoms with Gasteiger partial charge in [-0.3, -0.25) is 4.40 Å². The van der Waals surface area contributed by atoms with Crippen molar-refractivity contribution in [3.8, 4) is 11.1 Å². The Balaban J connectivity index is 0.986. The van der Waals surface area contributed by atoms with Crippen LogP contribution in [-0.4, -0.2) is 9.38 Å². The molecule has 0 unspecified atom stereocenters. The van der Waals surface area contributed by atoms with E-state index in [2.05, 4.69) is 150 Å². The molecule has 334 valence electrons. The largest absolute Gasteiger partial charge is 0.309 e. The van der Waals surface area contributed by atoms with E-state index in [1.807, 2.05) is 109 Å². The van der Waals surface area contributed by atoms with E-state index in [0.717, 1.165) is 119 Å². The predicted molar refractivity (Wildman–Crippen MR) is 302 cm³/mol. The highest BCUT2D eigenvalue weighted by Gasteiger charge is 2.32. The number of imidazole rings is 1. The van der Waals surface area contributed by atoms with Gasteiger partial charge in [0.15, 0.2) is 14.3 Å². The van der Waals surface area contributed by atoms with Crippen molar-refractivity contribution in [2.75, 3.05) is 0 Å². The molecule has 0 atom stereocenters. The average molecular weight is 945 g/mol. The Morgan fingerprint density at radius 1 is 0.296 bits per heavy atom. The van der Waals surface area contributed by atoms with Gasteiger partial charge in [0.1, 0.15) is 5.65 Å². The number of hydrogen-bond donors (Lipinski definition) is 0. The summed E-state index contributed by atoms with van der Waals surface area (Å²) >= 11 is 0. The van der Waals surface area contributed by atoms with Crippen LogP contribution in [0.2, 0.25) is 0 Å². The molecule has 0 bridgehead atoms. The number of rotatable bonds is 7. The van der Waals surface area contributed by atoms with Crippen LogP contribution in [0, 0.1) is 0 Å². The summed E-state index contributed by atoms with van der Waals surface area (Å²) in [5, 5.41) is 16.8. The van der Waals surface area contributed by atoms with Gasteiger partial charge >= 0.3 is 0 Å². The van der Waals surface area contributed by atoms with Crippen molar-refractivity contribution in [3.63, 3.8) is 0 Å². The molecule has 4 nitrogen and oxygen atoms in total. The van der Waals surface area contributed by atoms with Crippen molar-refractivity contribution in [2.45, 2.75) is 0 Å². The van der Waals surface area contributed by atoms with Crippen molar-refractivity contribution in [1.29, 1.82) is 0 Å². The summed E-state index contributed by atoms with van der Waals surface area (Å²) in [5.41, 5.74) is 5.70. The molecule has 2 heterocycles. The Bertz CT molecular complexity index is 4480. The van der Waals surface area contributed by atoms with E-state index in [4.69, 9.17) is 4.98 Å². The SMILES string of the molecule is O=P(c1ccccc1)(c1ccccc1)c1ccc2cc(-c3ccc4c5c6ccccc6ccc5c5nc6ccc(P(=O)(c7ccc8ccccc8c7)c7ccc8ccccc8c7)cc6n5c4c3)ccc2c1. The van der Waals surface area contributed by atoms with Crippen molar-refractivity contribution in [1.82, 2.24) is 9.38 Å². The molecule has 14 rings (SSSR count). The maximum atomic E-state index is 16.6. The summed E-state index contributed by atoms with van der Waals surface area (Å²) < 4.78 is 34.2. The minimum absolute atomic E-state index is 0.748. The van der Waals surface area contributed by atoms with Crippen LogP contribution in [0.5, 0.6) is 0 Å². The molecule has 14 aromatic rings. The quantitative estimate of drug-likeness (QED) is 0.118. The van der Waals surface area contributed by atoms with Gasteiger partial charge in [-0.25, -0.2) is 4.98 Å². The Labute approximate surface area is 409 Å². The van der Waals surface area contributed by atoms with Crippen LogP contribution in [0.4, 0.5) is 0 Å². The zero-order valence-corrected chi connectivity index (χ0v) is 40.1. The first-order valence-electron chi connectivity index (χ1n) is 24.0. The van der Waals surface area contributed by atoms with Gasteiger partial charge in [0.2, 0.25) is 0 Å². The van der Waals surface area contributed by atoms with Crippen LogP contribution in [0.25, 0.3) is 92.6 Å². The third-order valence-corrected chi connectivity index (χ3v) is 20.7. The first kappa shape index (κ1) is 41.6. The monoisotopic (exact) mass is 944 g/mol. The van der Waals surface area contributed by atoms with Gasteiger partial charge in [-0.1, -0.05) is 200 Å². The highest BCUT2D eigenvalue weighted by Crippen LogP contribution is 2.46. The second kappa shape index (κ2) is 16.1. The molecule has 0 radical (unpaired) electrons. The number of benzene rings is 12. The predicted octanol–water partition coefficient (Wildman–Crippen LogP) is 14.4. The van der Waals surface area contributed by atoms with Crippen molar-refractivity contribution >= 4 is 128 Å². The molecule has 0 fully saturated rings. The molecule has 2 aromatic heterocycles. The third-order valence-electron chi connectivity index (χ3n) is 14.6. The lowest BCUT2D eigenvalue weighted by atomic mass is 9.96. The molecule has 6 heteroatoms. The summed E-state index contributed by atoms with van der Waals surface area (Å²) in [4.78, 5) is 5.42. The lowest BCUT2D eigenvalue weighted by Crippen LogP contribution is -2.25. The molecule has 0 aliphatic rings. The molecular formula is C65H42N2O2P2. The van der Waals surface area contributed by atoms with E-state index in [-0.39, 0.29) is 0 Å². The van der Waals surface area contributed by atoms with Crippen LogP contribution in [0.15, 0.2) is 255 Å². The maximum absolute atomic E-state index is 16.6. The molecule has 0 spiro atoms. The molecule has 0 amide bonds. The van der Waals surface area contributed by atoms with Gasteiger partial charge in [0.25, 0.3) is 0 Å². The highest BCUT2D eigenvalue weighted by atomic mass is 31.2. The van der Waals surface area contributed by atoms with Crippen LogP contribution < -0.4 is 31.8 Å². The number of hydrogen-bond acceptors (Lipinski definition) is 3. The van der Waals surface area contributed by atoms with E-state index < -0.39 is 14.3 Å². The topological polar surface area (TPSA) is 51.4 Å². The van der Waals surface area contributed by atoms with Crippen molar-refractivity contribution < 1.29 is 9.13 Å². The lowest BCUT2D eigenvalue weighted by Gasteiger charge is -2.21. The molecule has 0 aliphatic heterocycles. The third kappa shape index (κ3) is 6.49. The molecule has 0 N–H and O–H groups in total. The molecule has 71 heavy (non-hydrogen) atoms. The van der Waals surface area contributed by atoms with Crippen LogP contribution in [0.1, 0.15) is 0 Å². The maximum Gasteiger partial charge on any atom is 0.171 e. The minimum Gasteiger partial charge on any atom is -0.309 e. The Kier molecular flexibility index (Phi) is 9.42. The van der Waals surface area contributed by atoms with E-state index in [9.17, 15) is 0 Å². The normalized spacial score (nSPS) is 12.3. The number of aromatic nitrogens is 2. The summed E-state index contributed by atoms with van der Waals surface area (Å²) in [5.74, 6) is 0. The zero-order chi connectivity index (χ0) is 47.3. The van der Waals surface area contributed by atoms with Gasteiger partial charge in [0, 0.05) is 48.0 Å². The Morgan fingerprint density at radius 2 is 0.732 bits per heavy atom. The van der Waals surface area contributed by atoms with Gasteiger partial charge < -0.3 is 9.13 Å². The van der Waals surface area contributed by atoms with E-state index >= 15 is 9.13 Å². The van der Waals surface area contributed by atoms with E-state index in [1.165, 1.54) is 5.39 Å². The molecule has 12 aromatic carbocycles. The van der Waals surface area contributed by atoms with Gasteiger partial charge in [-0.2, -0.15) is 0 Å². The second-order valence-corrected chi connectivity index (χ2v) is 24.1. The number of nitrogens with zero attached hydrogens (tertiary/aromatic N) is 2.